The summed E-state index contributed by atoms with van der Waals surface area (Å²) >= 11 is 0. The van der Waals surface area contributed by atoms with Crippen molar-refractivity contribution in [2.75, 3.05) is 45.9 Å². The number of halogens is 1. The van der Waals surface area contributed by atoms with Crippen molar-refractivity contribution >= 4 is 36.5 Å². The number of rotatable bonds is 5. The van der Waals surface area contributed by atoms with Crippen molar-refractivity contribution in [3.8, 4) is 11.5 Å². The molecule has 0 bridgehead atoms. The third kappa shape index (κ3) is 15.9. The van der Waals surface area contributed by atoms with Crippen LogP contribution < -0.4 is 16.6 Å². The van der Waals surface area contributed by atoms with Crippen molar-refractivity contribution in [2.24, 2.45) is 17.7 Å². The summed E-state index contributed by atoms with van der Waals surface area (Å²) in [6.45, 7) is 17.5. The Hall–Kier alpha value is -3.95. The van der Waals surface area contributed by atoms with Gasteiger partial charge in [-0.1, -0.05) is 18.2 Å². The molecule has 1 aromatic heterocycles. The fourth-order valence-electron chi connectivity index (χ4n) is 5.82. The number of esters is 1. The summed E-state index contributed by atoms with van der Waals surface area (Å²) in [7, 11) is 0. The highest BCUT2D eigenvalue weighted by Gasteiger charge is 2.31. The molecule has 0 atom stereocenters. The Kier molecular flexibility index (Phi) is 18.5. The molecule has 3 fully saturated rings. The third-order valence-corrected chi connectivity index (χ3v) is 8.58. The predicted molar refractivity (Wildman–Crippen MR) is 202 cm³/mol. The fourth-order valence-corrected chi connectivity index (χ4v) is 5.82. The number of nitrogens with two attached hydrogens (primary N) is 1. The van der Waals surface area contributed by atoms with Crippen LogP contribution in [0.4, 0.5) is 9.59 Å². The number of carbonyl (C=O) groups is 4. The molecule has 0 unspecified atom stereocenters. The lowest BCUT2D eigenvalue weighted by Crippen LogP contribution is -2.45. The maximum Gasteiger partial charge on any atom is 0.410 e. The van der Waals surface area contributed by atoms with Crippen LogP contribution >= 0.6 is 12.4 Å². The molecule has 3 amide bonds. The summed E-state index contributed by atoms with van der Waals surface area (Å²) in [5.74, 6) is 6.41. The molecule has 5 rings (SSSR count). The molecule has 0 saturated carbocycles. The van der Waals surface area contributed by atoms with E-state index in [4.69, 9.17) is 24.5 Å². The van der Waals surface area contributed by atoms with E-state index in [-0.39, 0.29) is 48.3 Å². The van der Waals surface area contributed by atoms with Crippen molar-refractivity contribution in [3.05, 3.63) is 36.2 Å². The van der Waals surface area contributed by atoms with Crippen LogP contribution in [-0.4, -0.2) is 101 Å². The maximum absolute atomic E-state index is 11.8. The predicted octanol–water partition coefficient (Wildman–Crippen LogP) is 5.45. The molecule has 3 aliphatic heterocycles. The zero-order valence-electron chi connectivity index (χ0n) is 32.4. The first-order valence-corrected chi connectivity index (χ1v) is 18.3. The van der Waals surface area contributed by atoms with Crippen molar-refractivity contribution in [2.45, 2.75) is 104 Å². The highest BCUT2D eigenvalue weighted by molar-refractivity contribution is 5.85. The number of hydrazine groups is 1. The van der Waals surface area contributed by atoms with Crippen molar-refractivity contribution in [1.29, 1.82) is 0 Å². The highest BCUT2D eigenvalue weighted by Crippen LogP contribution is 2.27. The molecule has 16 heteroatoms. The molecule has 1 aromatic carbocycles. The normalized spacial score (nSPS) is 17.1. The zero-order chi connectivity index (χ0) is 38.3. The number of amides is 3. The Bertz CT molecular complexity index is 1410. The van der Waals surface area contributed by atoms with Gasteiger partial charge in [-0.3, -0.25) is 15.0 Å². The van der Waals surface area contributed by atoms with Crippen molar-refractivity contribution < 1.29 is 37.8 Å². The Labute approximate surface area is 319 Å². The number of nitrogens with zero attached hydrogens (tertiary/aromatic N) is 4. The number of aromatic nitrogens is 2. The van der Waals surface area contributed by atoms with E-state index >= 15 is 0 Å². The lowest BCUT2D eigenvalue weighted by Gasteiger charge is -2.32. The summed E-state index contributed by atoms with van der Waals surface area (Å²) in [5, 5.41) is 11.6. The summed E-state index contributed by atoms with van der Waals surface area (Å²) in [6, 6.07) is 9.90. The molecule has 3 aliphatic rings. The monoisotopic (exact) mass is 765 g/mol. The second kappa shape index (κ2) is 21.7. The molecule has 4 N–H and O–H groups in total. The first-order valence-electron chi connectivity index (χ1n) is 18.3. The van der Waals surface area contributed by atoms with Gasteiger partial charge in [0.1, 0.15) is 11.2 Å². The molecule has 298 valence electrons. The number of ether oxygens (including phenoxy) is 3. The average molecular weight is 766 g/mol. The minimum atomic E-state index is -0.484. The molecule has 0 aliphatic carbocycles. The van der Waals surface area contributed by atoms with Gasteiger partial charge in [-0.05, 0) is 112 Å². The van der Waals surface area contributed by atoms with Gasteiger partial charge in [-0.25, -0.2) is 15.4 Å². The van der Waals surface area contributed by atoms with Gasteiger partial charge in [-0.2, -0.15) is 0 Å². The van der Waals surface area contributed by atoms with E-state index < -0.39 is 11.2 Å². The maximum atomic E-state index is 11.8. The van der Waals surface area contributed by atoms with Gasteiger partial charge >= 0.3 is 18.2 Å². The number of benzene rings is 1. The molecule has 15 nitrogen and oxygen atoms in total. The first-order chi connectivity index (χ1) is 24.6. The molecule has 0 spiro atoms. The Morgan fingerprint density at radius 1 is 0.811 bits per heavy atom. The standard InChI is InChI=1S/C13H15N3O.C13H23NO4.C11H21N3O3.ClH/c1-2-4-10(5-3-1)12-15-16-13(17-12)11-6-8-14-9-7-11;1-5-17-11(15)10-6-8-14(9-7-10)12(16)18-13(2,3)4;1-11(2,3)17-10(16)14-6-4-8(5-7-14)9(15)13-12;/h1-5,11,14H,6-9H2;10H,5-9H2,1-4H3;8H,4-7,12H2,1-3H3,(H,13,15);1H. The van der Waals surface area contributed by atoms with E-state index in [0.29, 0.717) is 70.3 Å². The van der Waals surface area contributed by atoms with Gasteiger partial charge in [0.05, 0.1) is 12.5 Å². The lowest BCUT2D eigenvalue weighted by atomic mass is 9.96. The second-order valence-corrected chi connectivity index (χ2v) is 15.1. The van der Waals surface area contributed by atoms with Crippen LogP contribution in [0.5, 0.6) is 0 Å². The van der Waals surface area contributed by atoms with Gasteiger partial charge < -0.3 is 33.7 Å². The fraction of sp³-hybridized carbons (Fsp3) is 0.676. The number of likely N-dealkylation sites (tertiary alicyclic amines) is 2. The molecule has 53 heavy (non-hydrogen) atoms. The number of piperidine rings is 3. The quantitative estimate of drug-likeness (QED) is 0.115. The van der Waals surface area contributed by atoms with Crippen LogP contribution in [0.15, 0.2) is 34.7 Å². The molecule has 4 heterocycles. The molecular weight excluding hydrogens is 706 g/mol. The largest absolute Gasteiger partial charge is 0.466 e. The average Bonchev–Trinajstić information content (AvgIpc) is 3.62. The summed E-state index contributed by atoms with van der Waals surface area (Å²) in [4.78, 5) is 49.7. The smallest absolute Gasteiger partial charge is 0.410 e. The van der Waals surface area contributed by atoms with Crippen LogP contribution in [0.25, 0.3) is 11.5 Å². The molecular formula is C37H60ClN7O8. The van der Waals surface area contributed by atoms with Gasteiger partial charge in [-0.15, -0.1) is 22.6 Å². The van der Waals surface area contributed by atoms with E-state index in [1.165, 1.54) is 0 Å². The zero-order valence-corrected chi connectivity index (χ0v) is 33.2. The molecule has 2 aromatic rings. The molecule has 0 radical (unpaired) electrons. The van der Waals surface area contributed by atoms with Gasteiger partial charge in [0.15, 0.2) is 0 Å². The van der Waals surface area contributed by atoms with Crippen LogP contribution in [0.2, 0.25) is 0 Å². The third-order valence-electron chi connectivity index (χ3n) is 8.58. The van der Waals surface area contributed by atoms with Crippen LogP contribution in [0.1, 0.15) is 98.8 Å². The second-order valence-electron chi connectivity index (χ2n) is 15.1. The SMILES string of the molecule is CC(C)(C)OC(=O)N1CCC(C(=O)NN)CC1.CCOC(=O)C1CCN(C(=O)OC(C)(C)C)CC1.Cl.c1ccc(-c2nnc(C3CCNCC3)o2)cc1. The van der Waals surface area contributed by atoms with E-state index in [2.05, 4.69) is 20.9 Å². The van der Waals surface area contributed by atoms with E-state index in [1.807, 2.05) is 71.9 Å². The highest BCUT2D eigenvalue weighted by atomic mass is 35.5. The van der Waals surface area contributed by atoms with Gasteiger partial charge in [0.2, 0.25) is 17.7 Å². The Balaban J connectivity index is 0.000000273. The Morgan fingerprint density at radius 3 is 1.75 bits per heavy atom. The number of hydrogen-bond acceptors (Lipinski definition) is 12. The minimum absolute atomic E-state index is 0. The summed E-state index contributed by atoms with van der Waals surface area (Å²) in [5.41, 5.74) is 2.17. The van der Waals surface area contributed by atoms with E-state index in [0.717, 1.165) is 37.4 Å². The van der Waals surface area contributed by atoms with E-state index in [9.17, 15) is 19.2 Å². The van der Waals surface area contributed by atoms with Crippen LogP contribution in [0, 0.1) is 11.8 Å². The Morgan fingerprint density at radius 2 is 1.30 bits per heavy atom. The van der Waals surface area contributed by atoms with Crippen molar-refractivity contribution in [3.63, 3.8) is 0 Å². The number of nitrogens with one attached hydrogen (secondary N) is 2. The van der Waals surface area contributed by atoms with Crippen molar-refractivity contribution in [1.82, 2.24) is 30.7 Å². The van der Waals surface area contributed by atoms with Gasteiger partial charge in [0.25, 0.3) is 0 Å². The van der Waals surface area contributed by atoms with Crippen LogP contribution in [-0.2, 0) is 23.8 Å². The van der Waals surface area contributed by atoms with Gasteiger partial charge in [0, 0.05) is 43.6 Å². The molecule has 3 saturated heterocycles. The number of carbonyl (C=O) groups excluding carboxylic acids is 4. The van der Waals surface area contributed by atoms with E-state index in [1.54, 1.807) is 16.7 Å². The van der Waals surface area contributed by atoms with Crippen LogP contribution in [0.3, 0.4) is 0 Å². The minimum Gasteiger partial charge on any atom is -0.466 e. The number of hydrogen-bond donors (Lipinski definition) is 3. The summed E-state index contributed by atoms with van der Waals surface area (Å²) < 4.78 is 21.3. The first kappa shape index (κ1) is 45.2. The topological polar surface area (TPSA) is 191 Å². The summed E-state index contributed by atoms with van der Waals surface area (Å²) in [6.07, 6.45) is 4.10. The lowest BCUT2D eigenvalue weighted by molar-refractivity contribution is -0.149.